The molecule has 1 fully saturated rings. The van der Waals surface area contributed by atoms with Crippen molar-refractivity contribution in [2.45, 2.75) is 18.4 Å². The van der Waals surface area contributed by atoms with Crippen LogP contribution in [0.25, 0.3) is 6.08 Å². The molecule has 0 aromatic heterocycles. The maximum Gasteiger partial charge on any atom is 0.339 e. The summed E-state index contributed by atoms with van der Waals surface area (Å²) in [4.78, 5) is 26.2. The molecule has 0 unspecified atom stereocenters. The Morgan fingerprint density at radius 3 is 2.47 bits per heavy atom. The van der Waals surface area contributed by atoms with Crippen LogP contribution < -0.4 is 4.18 Å². The third-order valence-electron chi connectivity index (χ3n) is 4.92. The van der Waals surface area contributed by atoms with Gasteiger partial charge in [-0.3, -0.25) is 14.5 Å². The zero-order chi connectivity index (χ0) is 24.5. The average molecular weight is 518 g/mol. The second-order valence-corrected chi connectivity index (χ2v) is 10.3. The minimum absolute atomic E-state index is 0.0106. The van der Waals surface area contributed by atoms with Gasteiger partial charge < -0.3 is 4.18 Å². The fourth-order valence-corrected chi connectivity index (χ4v) is 5.15. The molecule has 3 aromatic carbocycles. The van der Waals surface area contributed by atoms with Crippen molar-refractivity contribution in [2.75, 3.05) is 0 Å². The van der Waals surface area contributed by atoms with Gasteiger partial charge in [0.05, 0.1) is 11.4 Å². The summed E-state index contributed by atoms with van der Waals surface area (Å²) in [5.74, 6) is -1.17. The summed E-state index contributed by atoms with van der Waals surface area (Å²) in [6.45, 7) is 1.54. The molecule has 0 N–H and O–H groups in total. The number of halogens is 2. The Hall–Kier alpha value is -3.14. The van der Waals surface area contributed by atoms with E-state index in [1.807, 2.05) is 6.92 Å². The van der Waals surface area contributed by atoms with Crippen molar-refractivity contribution in [1.29, 1.82) is 0 Å². The lowest BCUT2D eigenvalue weighted by Crippen LogP contribution is -2.28. The molecule has 0 spiro atoms. The molecule has 0 atom stereocenters. The van der Waals surface area contributed by atoms with Crippen LogP contribution in [-0.2, 0) is 21.5 Å². The van der Waals surface area contributed by atoms with Crippen molar-refractivity contribution in [3.63, 3.8) is 0 Å². The zero-order valence-corrected chi connectivity index (χ0v) is 20.1. The van der Waals surface area contributed by atoms with Crippen LogP contribution in [0.2, 0.25) is 5.02 Å². The van der Waals surface area contributed by atoms with Crippen molar-refractivity contribution in [3.8, 4) is 5.75 Å². The van der Waals surface area contributed by atoms with Crippen molar-refractivity contribution in [3.05, 3.63) is 99.2 Å². The van der Waals surface area contributed by atoms with E-state index in [0.717, 1.165) is 10.5 Å². The Balaban J connectivity index is 1.54. The fourth-order valence-electron chi connectivity index (χ4n) is 3.17. The number of thioether (sulfide) groups is 1. The molecule has 1 heterocycles. The third-order valence-corrected chi connectivity index (χ3v) is 7.45. The molecule has 174 valence electrons. The van der Waals surface area contributed by atoms with Crippen molar-refractivity contribution in [2.24, 2.45) is 0 Å². The Morgan fingerprint density at radius 2 is 1.76 bits per heavy atom. The minimum atomic E-state index is -4.05. The molecule has 2 amide bonds. The molecule has 0 bridgehead atoms. The van der Waals surface area contributed by atoms with E-state index in [4.69, 9.17) is 15.8 Å². The Kier molecular flexibility index (Phi) is 6.79. The van der Waals surface area contributed by atoms with Crippen LogP contribution in [0.3, 0.4) is 0 Å². The van der Waals surface area contributed by atoms with Gasteiger partial charge in [-0.15, -0.1) is 0 Å². The lowest BCUT2D eigenvalue weighted by Gasteiger charge is -2.14. The quantitative estimate of drug-likeness (QED) is 0.304. The molecule has 0 saturated carbocycles. The van der Waals surface area contributed by atoms with Crippen LogP contribution in [0, 0.1) is 12.7 Å². The van der Waals surface area contributed by atoms with E-state index in [9.17, 15) is 22.4 Å². The van der Waals surface area contributed by atoms with E-state index in [2.05, 4.69) is 0 Å². The van der Waals surface area contributed by atoms with Gasteiger partial charge in [0.2, 0.25) is 0 Å². The predicted octanol–water partition coefficient (Wildman–Crippen LogP) is 5.79. The van der Waals surface area contributed by atoms with E-state index in [1.165, 1.54) is 48.5 Å². The van der Waals surface area contributed by atoms with Gasteiger partial charge in [0.15, 0.2) is 0 Å². The van der Waals surface area contributed by atoms with E-state index >= 15 is 0 Å². The van der Waals surface area contributed by atoms with Crippen LogP contribution in [0.1, 0.15) is 16.7 Å². The number of aryl methyl sites for hydroxylation is 1. The number of rotatable bonds is 6. The molecule has 0 radical (unpaired) electrons. The molecular formula is C24H17ClFNO5S2. The van der Waals surface area contributed by atoms with Crippen LogP contribution in [-0.4, -0.2) is 24.5 Å². The molecule has 3 aromatic rings. The van der Waals surface area contributed by atoms with Crippen molar-refractivity contribution >= 4 is 50.7 Å². The molecule has 4 rings (SSSR count). The number of hydrogen-bond donors (Lipinski definition) is 0. The van der Waals surface area contributed by atoms with Crippen molar-refractivity contribution in [1.82, 2.24) is 4.90 Å². The number of carbonyl (C=O) groups is 2. The number of imide groups is 1. The standard InChI is InChI=1S/C24H17ClFNO5S2/c1-15-8-10-18(11-9-15)34(30,31)32-17-5-2-4-16(12-17)13-22-23(28)27(24(29)33-22)14-19-20(25)6-3-7-21(19)26/h2-13H,14H2,1H3/b22-13-. The monoisotopic (exact) mass is 517 g/mol. The van der Waals surface area contributed by atoms with Gasteiger partial charge in [-0.2, -0.15) is 8.42 Å². The lowest BCUT2D eigenvalue weighted by atomic mass is 10.2. The number of amides is 2. The predicted molar refractivity (Wildman–Crippen MR) is 128 cm³/mol. The number of benzene rings is 3. The molecule has 10 heteroatoms. The van der Waals surface area contributed by atoms with Gasteiger partial charge in [-0.25, -0.2) is 4.39 Å². The summed E-state index contributed by atoms with van der Waals surface area (Å²) < 4.78 is 44.4. The van der Waals surface area contributed by atoms with Gasteiger partial charge in [-0.05, 0) is 66.7 Å². The first kappa shape index (κ1) is 24.0. The first-order valence-corrected chi connectivity index (χ1v) is 12.5. The minimum Gasteiger partial charge on any atom is -0.379 e. The highest BCUT2D eigenvalue weighted by Gasteiger charge is 2.36. The van der Waals surface area contributed by atoms with Crippen molar-refractivity contribution < 1.29 is 26.6 Å². The van der Waals surface area contributed by atoms with Crippen LogP contribution >= 0.6 is 23.4 Å². The third kappa shape index (κ3) is 5.16. The summed E-state index contributed by atoms with van der Waals surface area (Å²) in [6.07, 6.45) is 1.44. The molecule has 1 aliphatic heterocycles. The average Bonchev–Trinajstić information content (AvgIpc) is 3.03. The summed E-state index contributed by atoms with van der Waals surface area (Å²) in [7, 11) is -4.05. The van der Waals surface area contributed by atoms with Gasteiger partial charge in [0.1, 0.15) is 16.5 Å². The molecular weight excluding hydrogens is 501 g/mol. The van der Waals surface area contributed by atoms with Gasteiger partial charge in [0.25, 0.3) is 11.1 Å². The molecule has 34 heavy (non-hydrogen) atoms. The number of hydrogen-bond acceptors (Lipinski definition) is 6. The van der Waals surface area contributed by atoms with Gasteiger partial charge >= 0.3 is 10.1 Å². The second-order valence-electron chi connectivity index (χ2n) is 7.39. The van der Waals surface area contributed by atoms with E-state index in [-0.39, 0.29) is 32.7 Å². The van der Waals surface area contributed by atoms with Crippen LogP contribution in [0.5, 0.6) is 5.75 Å². The summed E-state index contributed by atoms with van der Waals surface area (Å²) in [5.41, 5.74) is 1.41. The molecule has 0 aliphatic carbocycles. The SMILES string of the molecule is Cc1ccc(S(=O)(=O)Oc2cccc(/C=C3\SC(=O)N(Cc4c(F)cccc4Cl)C3=O)c2)cc1. The summed E-state index contributed by atoms with van der Waals surface area (Å²) >= 11 is 6.72. The molecule has 1 saturated heterocycles. The highest BCUT2D eigenvalue weighted by atomic mass is 35.5. The van der Waals surface area contributed by atoms with E-state index in [0.29, 0.717) is 17.3 Å². The zero-order valence-electron chi connectivity index (χ0n) is 17.7. The number of nitrogens with zero attached hydrogens (tertiary/aromatic N) is 1. The molecule has 1 aliphatic rings. The first-order chi connectivity index (χ1) is 16.1. The number of carbonyl (C=O) groups excluding carboxylic acids is 2. The Labute approximate surface area is 205 Å². The highest BCUT2D eigenvalue weighted by Crippen LogP contribution is 2.35. The van der Waals surface area contributed by atoms with Crippen LogP contribution in [0.15, 0.2) is 76.5 Å². The lowest BCUT2D eigenvalue weighted by molar-refractivity contribution is -0.123. The highest BCUT2D eigenvalue weighted by molar-refractivity contribution is 8.18. The maximum absolute atomic E-state index is 14.1. The molecule has 6 nitrogen and oxygen atoms in total. The Bertz CT molecular complexity index is 1400. The summed E-state index contributed by atoms with van der Waals surface area (Å²) in [6, 6.07) is 16.4. The fraction of sp³-hybridized carbons (Fsp3) is 0.0833. The first-order valence-electron chi connectivity index (χ1n) is 9.93. The maximum atomic E-state index is 14.1. The van der Waals surface area contributed by atoms with E-state index in [1.54, 1.807) is 24.3 Å². The Morgan fingerprint density at radius 1 is 1.06 bits per heavy atom. The topological polar surface area (TPSA) is 80.8 Å². The van der Waals surface area contributed by atoms with Gasteiger partial charge in [-0.1, -0.05) is 47.5 Å². The van der Waals surface area contributed by atoms with Crippen LogP contribution in [0.4, 0.5) is 9.18 Å². The summed E-state index contributed by atoms with van der Waals surface area (Å²) in [5, 5.41) is -0.451. The second kappa shape index (κ2) is 9.61. The van der Waals surface area contributed by atoms with E-state index < -0.39 is 27.1 Å². The smallest absolute Gasteiger partial charge is 0.339 e. The largest absolute Gasteiger partial charge is 0.379 e. The normalized spacial score (nSPS) is 15.3. The van der Waals surface area contributed by atoms with Gasteiger partial charge in [0, 0.05) is 10.6 Å².